The highest BCUT2D eigenvalue weighted by molar-refractivity contribution is 9.10. The molecule has 0 spiro atoms. The van der Waals surface area contributed by atoms with Crippen LogP contribution in [0.1, 0.15) is 31.0 Å². The molecule has 17 heavy (non-hydrogen) atoms. The lowest BCUT2D eigenvalue weighted by atomic mass is 10.4. The van der Waals surface area contributed by atoms with Gasteiger partial charge in [-0.25, -0.2) is 9.97 Å². The molecule has 1 N–H and O–H groups in total. The van der Waals surface area contributed by atoms with E-state index in [4.69, 9.17) is 0 Å². The van der Waals surface area contributed by atoms with Crippen molar-refractivity contribution in [3.8, 4) is 0 Å². The Hall–Kier alpha value is -0.850. The quantitative estimate of drug-likeness (QED) is 0.865. The van der Waals surface area contributed by atoms with Crippen molar-refractivity contribution in [3.05, 3.63) is 16.5 Å². The fourth-order valence-electron chi connectivity index (χ4n) is 1.38. The smallest absolute Gasteiger partial charge is 0.370 e. The Labute approximate surface area is 105 Å². The summed E-state index contributed by atoms with van der Waals surface area (Å²) in [5.41, 5.74) is 0. The molecule has 1 fully saturated rings. The van der Waals surface area contributed by atoms with E-state index >= 15 is 0 Å². The second-order valence-electron chi connectivity index (χ2n) is 4.00. The number of alkyl halides is 3. The fraction of sp³-hybridized carbons (Fsp3) is 0.600. The zero-order chi connectivity index (χ0) is 12.5. The molecule has 0 saturated heterocycles. The Morgan fingerprint density at radius 2 is 2.06 bits per heavy atom. The summed E-state index contributed by atoms with van der Waals surface area (Å²) in [6, 6.07) is 1.59. The maximum atomic E-state index is 12.0. The van der Waals surface area contributed by atoms with Gasteiger partial charge >= 0.3 is 6.18 Å². The van der Waals surface area contributed by atoms with Gasteiger partial charge in [0.2, 0.25) is 0 Å². The van der Waals surface area contributed by atoms with Gasteiger partial charge in [-0.1, -0.05) is 0 Å². The summed E-state index contributed by atoms with van der Waals surface area (Å²) in [4.78, 5) is 8.39. The highest BCUT2D eigenvalue weighted by Gasteiger charge is 2.28. The lowest BCUT2D eigenvalue weighted by molar-refractivity contribution is -0.131. The molecule has 94 valence electrons. The zero-order valence-electron chi connectivity index (χ0n) is 8.89. The van der Waals surface area contributed by atoms with E-state index < -0.39 is 12.6 Å². The molecule has 1 aromatic heterocycles. The summed E-state index contributed by atoms with van der Waals surface area (Å²) in [5.74, 6) is 1.52. The number of anilines is 1. The Balaban J connectivity index is 1.95. The molecule has 0 amide bonds. The van der Waals surface area contributed by atoms with Crippen LogP contribution in [0.2, 0.25) is 0 Å². The van der Waals surface area contributed by atoms with Crippen LogP contribution in [0.25, 0.3) is 0 Å². The van der Waals surface area contributed by atoms with Crippen LogP contribution >= 0.6 is 15.9 Å². The van der Waals surface area contributed by atoms with Crippen molar-refractivity contribution in [1.82, 2.24) is 9.97 Å². The van der Waals surface area contributed by atoms with Crippen molar-refractivity contribution in [2.75, 3.05) is 11.9 Å². The van der Waals surface area contributed by atoms with Gasteiger partial charge in [0.25, 0.3) is 0 Å². The number of halogens is 4. The number of rotatable bonds is 4. The summed E-state index contributed by atoms with van der Waals surface area (Å²) < 4.78 is 36.5. The monoisotopic (exact) mass is 309 g/mol. The van der Waals surface area contributed by atoms with Crippen molar-refractivity contribution < 1.29 is 13.2 Å². The van der Waals surface area contributed by atoms with Crippen LogP contribution in [-0.2, 0) is 0 Å². The normalized spacial score (nSPS) is 16.0. The lowest BCUT2D eigenvalue weighted by Gasteiger charge is -2.09. The summed E-state index contributed by atoms with van der Waals surface area (Å²) in [6.07, 6.45) is -2.90. The van der Waals surface area contributed by atoms with Crippen LogP contribution in [0.3, 0.4) is 0 Å². The molecule has 1 aliphatic rings. The van der Waals surface area contributed by atoms with E-state index in [1.807, 2.05) is 0 Å². The zero-order valence-corrected chi connectivity index (χ0v) is 10.5. The first-order valence-electron chi connectivity index (χ1n) is 5.29. The Bertz CT molecular complexity index is 404. The van der Waals surface area contributed by atoms with E-state index in [0.29, 0.717) is 22.2 Å². The fourth-order valence-corrected chi connectivity index (χ4v) is 1.78. The first kappa shape index (κ1) is 12.6. The number of hydrogen-bond acceptors (Lipinski definition) is 3. The van der Waals surface area contributed by atoms with E-state index in [-0.39, 0.29) is 6.54 Å². The minimum absolute atomic E-state index is 0.170. The van der Waals surface area contributed by atoms with Gasteiger partial charge in [0.15, 0.2) is 0 Å². The van der Waals surface area contributed by atoms with Crippen LogP contribution in [0.5, 0.6) is 0 Å². The SMILES string of the molecule is FC(F)(F)CCNc1cc(Br)nc(C2CC2)n1. The van der Waals surface area contributed by atoms with Crippen LogP contribution in [0.15, 0.2) is 10.7 Å². The maximum absolute atomic E-state index is 12.0. The van der Waals surface area contributed by atoms with Crippen LogP contribution < -0.4 is 5.32 Å². The lowest BCUT2D eigenvalue weighted by Crippen LogP contribution is -2.15. The third kappa shape index (κ3) is 4.14. The first-order chi connectivity index (χ1) is 7.94. The van der Waals surface area contributed by atoms with Crippen molar-refractivity contribution in [2.45, 2.75) is 31.4 Å². The highest BCUT2D eigenvalue weighted by Crippen LogP contribution is 2.38. The minimum Gasteiger partial charge on any atom is -0.370 e. The van der Waals surface area contributed by atoms with Gasteiger partial charge in [0.1, 0.15) is 16.2 Å². The molecule has 1 aromatic rings. The molecular weight excluding hydrogens is 299 g/mol. The van der Waals surface area contributed by atoms with Gasteiger partial charge in [-0.05, 0) is 28.8 Å². The molecule has 3 nitrogen and oxygen atoms in total. The van der Waals surface area contributed by atoms with E-state index in [0.717, 1.165) is 12.8 Å². The summed E-state index contributed by atoms with van der Waals surface area (Å²) in [5, 5.41) is 2.66. The summed E-state index contributed by atoms with van der Waals surface area (Å²) in [6.45, 7) is -0.170. The number of nitrogens with zero attached hydrogens (tertiary/aromatic N) is 2. The molecule has 0 aliphatic heterocycles. The third-order valence-corrected chi connectivity index (χ3v) is 2.78. The minimum atomic E-state index is -4.14. The van der Waals surface area contributed by atoms with Crippen molar-refractivity contribution >= 4 is 21.7 Å². The van der Waals surface area contributed by atoms with Gasteiger partial charge in [-0.3, -0.25) is 0 Å². The first-order valence-corrected chi connectivity index (χ1v) is 6.08. The Kier molecular flexibility index (Phi) is 3.56. The molecular formula is C10H11BrF3N3. The predicted molar refractivity (Wildman–Crippen MR) is 60.9 cm³/mol. The van der Waals surface area contributed by atoms with E-state index in [9.17, 15) is 13.2 Å². The molecule has 0 aromatic carbocycles. The topological polar surface area (TPSA) is 37.8 Å². The van der Waals surface area contributed by atoms with Gasteiger partial charge in [0.05, 0.1) is 6.42 Å². The van der Waals surface area contributed by atoms with E-state index in [1.165, 1.54) is 0 Å². The van der Waals surface area contributed by atoms with Gasteiger partial charge in [-0.2, -0.15) is 13.2 Å². The largest absolute Gasteiger partial charge is 0.390 e. The van der Waals surface area contributed by atoms with Crippen LogP contribution in [-0.4, -0.2) is 22.7 Å². The van der Waals surface area contributed by atoms with Crippen molar-refractivity contribution in [3.63, 3.8) is 0 Å². The van der Waals surface area contributed by atoms with Gasteiger partial charge in [0, 0.05) is 18.5 Å². The van der Waals surface area contributed by atoms with Gasteiger partial charge < -0.3 is 5.32 Å². The maximum Gasteiger partial charge on any atom is 0.390 e. The van der Waals surface area contributed by atoms with Crippen LogP contribution in [0.4, 0.5) is 19.0 Å². The second-order valence-corrected chi connectivity index (χ2v) is 4.81. The van der Waals surface area contributed by atoms with E-state index in [2.05, 4.69) is 31.2 Å². The molecule has 1 heterocycles. The number of aromatic nitrogens is 2. The highest BCUT2D eigenvalue weighted by atomic mass is 79.9. The van der Waals surface area contributed by atoms with Crippen LogP contribution in [0, 0.1) is 0 Å². The second kappa shape index (κ2) is 4.80. The van der Waals surface area contributed by atoms with E-state index in [1.54, 1.807) is 6.07 Å². The predicted octanol–water partition coefficient (Wildman–Crippen LogP) is 3.48. The molecule has 0 radical (unpaired) electrons. The van der Waals surface area contributed by atoms with Crippen molar-refractivity contribution in [2.24, 2.45) is 0 Å². The molecule has 1 aliphatic carbocycles. The standard InChI is InChI=1S/C10H11BrF3N3/c11-7-5-8(15-4-3-10(12,13)14)17-9(16-7)6-1-2-6/h5-6H,1-4H2,(H,15,16,17). The molecule has 1 saturated carbocycles. The molecule has 0 unspecified atom stereocenters. The molecule has 0 bridgehead atoms. The number of nitrogens with one attached hydrogen (secondary N) is 1. The Morgan fingerprint density at radius 3 is 2.65 bits per heavy atom. The average molecular weight is 310 g/mol. The molecule has 0 atom stereocenters. The third-order valence-electron chi connectivity index (χ3n) is 2.37. The summed E-state index contributed by atoms with van der Waals surface area (Å²) in [7, 11) is 0. The number of hydrogen-bond donors (Lipinski definition) is 1. The summed E-state index contributed by atoms with van der Waals surface area (Å²) >= 11 is 3.23. The van der Waals surface area contributed by atoms with Crippen molar-refractivity contribution in [1.29, 1.82) is 0 Å². The molecule has 7 heteroatoms. The average Bonchev–Trinajstić information content (AvgIpc) is 2.97. The van der Waals surface area contributed by atoms with Gasteiger partial charge in [-0.15, -0.1) is 0 Å². The Morgan fingerprint density at radius 1 is 1.35 bits per heavy atom. The molecule has 2 rings (SSSR count).